The van der Waals surface area contributed by atoms with E-state index in [0.717, 1.165) is 0 Å². The normalized spacial score (nSPS) is 10.2. The van der Waals surface area contributed by atoms with Gasteiger partial charge < -0.3 is 15.4 Å². The van der Waals surface area contributed by atoms with Gasteiger partial charge in [-0.05, 0) is 37.3 Å². The molecule has 0 radical (unpaired) electrons. The third-order valence-electron chi connectivity index (χ3n) is 3.82. The molecule has 132 valence electrons. The minimum Gasteiger partial charge on any atom is -0.495 e. The quantitative estimate of drug-likeness (QED) is 0.658. The van der Waals surface area contributed by atoms with Crippen molar-refractivity contribution in [3.63, 3.8) is 0 Å². The van der Waals surface area contributed by atoms with Crippen LogP contribution < -0.4 is 15.4 Å². The Morgan fingerprint density at radius 2 is 1.81 bits per heavy atom. The number of benzene rings is 2. The minimum absolute atomic E-state index is 0.266. The lowest BCUT2D eigenvalue weighted by molar-refractivity contribution is 0.101. The molecule has 1 heterocycles. The topological polar surface area (TPSA) is 96.1 Å². The number of carbonyl (C=O) groups is 2. The van der Waals surface area contributed by atoms with E-state index in [0.29, 0.717) is 33.9 Å². The van der Waals surface area contributed by atoms with Crippen molar-refractivity contribution in [1.29, 1.82) is 0 Å². The van der Waals surface area contributed by atoms with Crippen molar-refractivity contribution in [2.45, 2.75) is 6.92 Å². The zero-order valence-corrected chi connectivity index (χ0v) is 14.4. The fourth-order valence-electron chi connectivity index (χ4n) is 2.45. The van der Waals surface area contributed by atoms with E-state index in [1.54, 1.807) is 49.4 Å². The van der Waals surface area contributed by atoms with E-state index in [4.69, 9.17) is 4.74 Å². The van der Waals surface area contributed by atoms with E-state index in [1.807, 2.05) is 6.07 Å². The van der Waals surface area contributed by atoms with Crippen LogP contribution in [0.4, 0.5) is 11.4 Å². The van der Waals surface area contributed by atoms with Crippen molar-refractivity contribution < 1.29 is 14.3 Å². The molecule has 0 aliphatic heterocycles. The third kappa shape index (κ3) is 3.72. The zero-order valence-electron chi connectivity index (χ0n) is 14.4. The Labute approximate surface area is 150 Å². The molecule has 0 saturated heterocycles. The highest BCUT2D eigenvalue weighted by Gasteiger charge is 2.14. The van der Waals surface area contributed by atoms with Gasteiger partial charge in [-0.25, -0.2) is 0 Å². The van der Waals surface area contributed by atoms with Gasteiger partial charge in [0.15, 0.2) is 0 Å². The summed E-state index contributed by atoms with van der Waals surface area (Å²) in [5.74, 6) is -0.0634. The number of hydrogen-bond donors (Lipinski definition) is 3. The number of nitrogens with zero attached hydrogens (tertiary/aromatic N) is 1. The fourth-order valence-corrected chi connectivity index (χ4v) is 2.45. The number of ether oxygens (including phenoxy) is 1. The Kier molecular flexibility index (Phi) is 4.98. The summed E-state index contributed by atoms with van der Waals surface area (Å²) in [6, 6.07) is 13.9. The maximum absolute atomic E-state index is 12.4. The van der Waals surface area contributed by atoms with E-state index in [9.17, 15) is 9.59 Å². The number of methoxy groups -OCH3 is 1. The molecule has 7 nitrogen and oxygen atoms in total. The van der Waals surface area contributed by atoms with Gasteiger partial charge in [0, 0.05) is 16.9 Å². The number of H-pyrrole nitrogens is 1. The van der Waals surface area contributed by atoms with Crippen molar-refractivity contribution in [3.05, 3.63) is 71.5 Å². The number of aromatic nitrogens is 2. The lowest BCUT2D eigenvalue weighted by atomic mass is 10.2. The smallest absolute Gasteiger partial charge is 0.259 e. The molecule has 0 aliphatic carbocycles. The van der Waals surface area contributed by atoms with E-state index in [-0.39, 0.29) is 11.8 Å². The van der Waals surface area contributed by atoms with E-state index >= 15 is 0 Å². The van der Waals surface area contributed by atoms with E-state index in [2.05, 4.69) is 20.8 Å². The van der Waals surface area contributed by atoms with Crippen LogP contribution in [-0.2, 0) is 0 Å². The highest BCUT2D eigenvalue weighted by molar-refractivity contribution is 6.07. The van der Waals surface area contributed by atoms with E-state index < -0.39 is 0 Å². The summed E-state index contributed by atoms with van der Waals surface area (Å²) < 4.78 is 5.29. The number of nitrogens with one attached hydrogen (secondary N) is 3. The van der Waals surface area contributed by atoms with Crippen LogP contribution in [0, 0.1) is 6.92 Å². The van der Waals surface area contributed by atoms with Gasteiger partial charge in [-0.2, -0.15) is 5.10 Å². The molecule has 0 saturated carbocycles. The molecule has 0 spiro atoms. The van der Waals surface area contributed by atoms with Crippen LogP contribution in [0.3, 0.4) is 0 Å². The van der Waals surface area contributed by atoms with Crippen LogP contribution in [0.15, 0.2) is 54.7 Å². The third-order valence-corrected chi connectivity index (χ3v) is 3.82. The molecule has 3 rings (SSSR count). The summed E-state index contributed by atoms with van der Waals surface area (Å²) in [5, 5.41) is 12.1. The molecule has 0 atom stereocenters. The summed E-state index contributed by atoms with van der Waals surface area (Å²) in [7, 11) is 1.51. The number of carbonyl (C=O) groups excluding carboxylic acids is 2. The second-order valence-corrected chi connectivity index (χ2v) is 5.60. The Hall–Kier alpha value is -3.61. The number of aryl methyl sites for hydroxylation is 1. The van der Waals surface area contributed by atoms with Crippen molar-refractivity contribution in [1.82, 2.24) is 10.2 Å². The predicted octanol–water partition coefficient (Wildman–Crippen LogP) is 3.23. The van der Waals surface area contributed by atoms with Gasteiger partial charge >= 0.3 is 0 Å². The Balaban J connectivity index is 1.81. The lowest BCUT2D eigenvalue weighted by Gasteiger charge is -2.13. The van der Waals surface area contributed by atoms with Crippen LogP contribution in [0.2, 0.25) is 0 Å². The molecule has 0 aliphatic rings. The molecule has 0 unspecified atom stereocenters. The molecular weight excluding hydrogens is 332 g/mol. The Morgan fingerprint density at radius 1 is 1.04 bits per heavy atom. The number of rotatable bonds is 5. The van der Waals surface area contributed by atoms with Crippen molar-refractivity contribution in [2.75, 3.05) is 17.7 Å². The van der Waals surface area contributed by atoms with Gasteiger partial charge in [0.2, 0.25) is 0 Å². The minimum atomic E-state index is -0.290. The van der Waals surface area contributed by atoms with Crippen molar-refractivity contribution >= 4 is 23.2 Å². The van der Waals surface area contributed by atoms with E-state index in [1.165, 1.54) is 13.3 Å². The Morgan fingerprint density at radius 3 is 2.46 bits per heavy atom. The summed E-state index contributed by atoms with van der Waals surface area (Å²) in [5.41, 5.74) is 2.64. The summed E-state index contributed by atoms with van der Waals surface area (Å²) in [6.07, 6.45) is 1.46. The van der Waals surface area contributed by atoms with Gasteiger partial charge in [-0.1, -0.05) is 18.2 Å². The molecule has 2 aromatic carbocycles. The van der Waals surface area contributed by atoms with Crippen LogP contribution >= 0.6 is 0 Å². The summed E-state index contributed by atoms with van der Waals surface area (Å²) in [6.45, 7) is 1.77. The monoisotopic (exact) mass is 350 g/mol. The first kappa shape index (κ1) is 17.2. The first-order chi connectivity index (χ1) is 12.6. The lowest BCUT2D eigenvalue weighted by Crippen LogP contribution is -2.15. The molecular formula is C19H18N4O3. The standard InChI is InChI=1S/C19H18N4O3/c1-12-15(11-20-23-12)19(25)21-14-8-9-17(26-2)16(10-14)22-18(24)13-6-4-3-5-7-13/h3-11H,1-2H3,(H,20,23)(H,21,25)(H,22,24). The van der Waals surface area contributed by atoms with Gasteiger partial charge in [0.05, 0.1) is 24.6 Å². The molecule has 3 aromatic rings. The largest absolute Gasteiger partial charge is 0.495 e. The molecule has 3 N–H and O–H groups in total. The number of anilines is 2. The van der Waals surface area contributed by atoms with Crippen LogP contribution in [0.25, 0.3) is 0 Å². The molecule has 0 fully saturated rings. The highest BCUT2D eigenvalue weighted by Crippen LogP contribution is 2.28. The number of aromatic amines is 1. The average molecular weight is 350 g/mol. The summed E-state index contributed by atoms with van der Waals surface area (Å²) in [4.78, 5) is 24.7. The second-order valence-electron chi connectivity index (χ2n) is 5.60. The first-order valence-corrected chi connectivity index (χ1v) is 7.94. The van der Waals surface area contributed by atoms with Crippen LogP contribution in [-0.4, -0.2) is 29.1 Å². The van der Waals surface area contributed by atoms with Crippen LogP contribution in [0.5, 0.6) is 5.75 Å². The van der Waals surface area contributed by atoms with Crippen molar-refractivity contribution in [3.8, 4) is 5.75 Å². The van der Waals surface area contributed by atoms with Gasteiger partial charge in [-0.15, -0.1) is 0 Å². The molecule has 7 heteroatoms. The van der Waals surface area contributed by atoms with Crippen LogP contribution in [0.1, 0.15) is 26.4 Å². The van der Waals surface area contributed by atoms with Crippen molar-refractivity contribution in [2.24, 2.45) is 0 Å². The maximum atomic E-state index is 12.4. The Bertz CT molecular complexity index is 935. The second kappa shape index (κ2) is 7.52. The van der Waals surface area contributed by atoms with Gasteiger partial charge in [0.1, 0.15) is 5.75 Å². The average Bonchev–Trinajstić information content (AvgIpc) is 3.09. The first-order valence-electron chi connectivity index (χ1n) is 7.94. The van der Waals surface area contributed by atoms with Gasteiger partial charge in [-0.3, -0.25) is 14.7 Å². The zero-order chi connectivity index (χ0) is 18.5. The summed E-state index contributed by atoms with van der Waals surface area (Å²) >= 11 is 0. The molecule has 2 amide bonds. The molecule has 26 heavy (non-hydrogen) atoms. The molecule has 0 bridgehead atoms. The SMILES string of the molecule is COc1ccc(NC(=O)c2cn[nH]c2C)cc1NC(=O)c1ccccc1. The number of amides is 2. The fraction of sp³-hybridized carbons (Fsp3) is 0.105. The predicted molar refractivity (Wildman–Crippen MR) is 98.7 cm³/mol. The highest BCUT2D eigenvalue weighted by atomic mass is 16.5. The molecule has 1 aromatic heterocycles. The van der Waals surface area contributed by atoms with Gasteiger partial charge in [0.25, 0.3) is 11.8 Å². The number of hydrogen-bond acceptors (Lipinski definition) is 4. The maximum Gasteiger partial charge on any atom is 0.259 e.